The highest BCUT2D eigenvalue weighted by molar-refractivity contribution is 6.09. The van der Waals surface area contributed by atoms with Gasteiger partial charge in [-0.15, -0.1) is 0 Å². The van der Waals surface area contributed by atoms with E-state index in [-0.39, 0.29) is 24.2 Å². The number of aryl methyl sites for hydroxylation is 2. The lowest BCUT2D eigenvalue weighted by molar-refractivity contribution is -0.671. The molecule has 0 atom stereocenters. The Kier molecular flexibility index (Phi) is 10.4. The molecule has 5 rings (SSSR count). The summed E-state index contributed by atoms with van der Waals surface area (Å²) < 4.78 is 3.73. The molecule has 0 spiro atoms. The molecule has 11 heteroatoms. The lowest BCUT2D eigenvalue weighted by Crippen LogP contribution is -3.00. The Morgan fingerprint density at radius 3 is 1.04 bits per heavy atom. The van der Waals surface area contributed by atoms with E-state index < -0.39 is 11.8 Å². The molecule has 0 aliphatic rings. The lowest BCUT2D eigenvalue weighted by Gasteiger charge is -2.10. The minimum Gasteiger partial charge on any atom is -1.00 e. The highest BCUT2D eigenvalue weighted by Gasteiger charge is 2.13. The van der Waals surface area contributed by atoms with E-state index in [0.29, 0.717) is 45.0 Å². The van der Waals surface area contributed by atoms with Crippen LogP contribution < -0.4 is 42.8 Å². The maximum Gasteiger partial charge on any atom is 0.255 e. The van der Waals surface area contributed by atoms with Gasteiger partial charge in [0.2, 0.25) is 0 Å². The van der Waals surface area contributed by atoms with Crippen molar-refractivity contribution in [2.45, 2.75) is 0 Å². The Hall–Kier alpha value is -5.87. The van der Waals surface area contributed by atoms with Crippen LogP contribution in [0.25, 0.3) is 0 Å². The second-order valence-electron chi connectivity index (χ2n) is 10.1. The van der Waals surface area contributed by atoms with Crippen LogP contribution in [0.3, 0.4) is 0 Å². The molecule has 0 fully saturated rings. The van der Waals surface area contributed by atoms with Gasteiger partial charge < -0.3 is 33.7 Å². The fraction of sp³-hybridized carbons (Fsp3) is 0.0588. The van der Waals surface area contributed by atoms with Crippen molar-refractivity contribution < 1.29 is 40.7 Å². The number of hydrogen-bond donors (Lipinski definition) is 4. The monoisotopic (exact) mass is 621 g/mol. The summed E-state index contributed by atoms with van der Waals surface area (Å²) in [7, 11) is 3.78. The van der Waals surface area contributed by atoms with E-state index >= 15 is 0 Å². The van der Waals surface area contributed by atoms with Gasteiger partial charge in [-0.25, -0.2) is 9.13 Å². The molecule has 226 valence electrons. The molecule has 0 aliphatic heterocycles. The van der Waals surface area contributed by atoms with Gasteiger partial charge >= 0.3 is 0 Å². The molecule has 2 heterocycles. The maximum atomic E-state index is 12.9. The molecule has 0 radical (unpaired) electrons. The van der Waals surface area contributed by atoms with E-state index in [0.717, 1.165) is 0 Å². The highest BCUT2D eigenvalue weighted by atomic mass is 35.5. The number of hydrogen-bond acceptors (Lipinski definition) is 4. The molecule has 5 aromatic rings. The van der Waals surface area contributed by atoms with Gasteiger partial charge in [-0.05, 0) is 66.7 Å². The van der Waals surface area contributed by atoms with Crippen LogP contribution in [0.4, 0.5) is 22.7 Å². The first-order chi connectivity index (χ1) is 21.2. The van der Waals surface area contributed by atoms with Gasteiger partial charge in [-0.2, -0.15) is 0 Å². The van der Waals surface area contributed by atoms with Crippen LogP contribution >= 0.6 is 0 Å². The fourth-order valence-corrected chi connectivity index (χ4v) is 4.19. The Morgan fingerprint density at radius 2 is 0.711 bits per heavy atom. The zero-order valence-electron chi connectivity index (χ0n) is 24.5. The topological polar surface area (TPSA) is 124 Å². The Balaban J connectivity index is 0.00000461. The van der Waals surface area contributed by atoms with Crippen molar-refractivity contribution in [3.05, 3.63) is 144 Å². The molecule has 45 heavy (non-hydrogen) atoms. The number of aromatic nitrogens is 2. The van der Waals surface area contributed by atoms with Gasteiger partial charge in [0.15, 0.2) is 24.8 Å². The summed E-state index contributed by atoms with van der Waals surface area (Å²) in [5.41, 5.74) is 3.80. The highest BCUT2D eigenvalue weighted by Crippen LogP contribution is 2.16. The fourth-order valence-electron chi connectivity index (χ4n) is 4.19. The third-order valence-corrected chi connectivity index (χ3v) is 6.67. The summed E-state index contributed by atoms with van der Waals surface area (Å²) in [6, 6.07) is 26.5. The predicted molar refractivity (Wildman–Crippen MR) is 166 cm³/mol. The van der Waals surface area contributed by atoms with E-state index in [1.807, 2.05) is 48.0 Å². The predicted octanol–water partition coefficient (Wildman–Crippen LogP) is 1.35. The molecular weight excluding hydrogens is 592 g/mol. The molecule has 2 aromatic heterocycles. The van der Waals surface area contributed by atoms with Crippen LogP contribution in [0.5, 0.6) is 0 Å². The van der Waals surface area contributed by atoms with Crippen molar-refractivity contribution in [2.75, 3.05) is 21.3 Å². The number of halogens is 1. The number of benzene rings is 3. The number of rotatable bonds is 8. The molecule has 0 aliphatic carbocycles. The number of anilines is 4. The second-order valence-corrected chi connectivity index (χ2v) is 10.1. The van der Waals surface area contributed by atoms with E-state index in [1.165, 1.54) is 6.07 Å². The Bertz CT molecular complexity index is 1690. The number of pyridine rings is 2. The first kappa shape index (κ1) is 32.1. The molecular formula is C34H30ClN6O4+. The third kappa shape index (κ3) is 8.59. The van der Waals surface area contributed by atoms with Crippen molar-refractivity contribution in [3.8, 4) is 0 Å². The van der Waals surface area contributed by atoms with E-state index in [4.69, 9.17) is 0 Å². The molecule has 0 saturated carbocycles. The number of amides is 4. The van der Waals surface area contributed by atoms with Crippen LogP contribution in [-0.2, 0) is 14.1 Å². The molecule has 3 aromatic carbocycles. The SMILES string of the molecule is C[n+]1ccc(NC(=O)c2ccc(NC(=O)c3cccc(C(=O)Nc4ccc(C(=O)Nc5cc[n+](C)cc5)cc4)c3)cc2)cc1.[Cl-]. The Morgan fingerprint density at radius 1 is 0.422 bits per heavy atom. The molecule has 0 saturated heterocycles. The first-order valence-corrected chi connectivity index (χ1v) is 13.7. The quantitative estimate of drug-likeness (QED) is 0.195. The van der Waals surface area contributed by atoms with Crippen LogP contribution in [0, 0.1) is 0 Å². The van der Waals surface area contributed by atoms with Gasteiger partial charge in [0.1, 0.15) is 14.1 Å². The summed E-state index contributed by atoms with van der Waals surface area (Å²) in [6.45, 7) is 0. The maximum absolute atomic E-state index is 12.9. The van der Waals surface area contributed by atoms with Crippen LogP contribution in [0.2, 0.25) is 0 Å². The summed E-state index contributed by atoms with van der Waals surface area (Å²) in [5, 5.41) is 11.2. The van der Waals surface area contributed by atoms with Gasteiger partial charge in [0.05, 0.1) is 11.4 Å². The van der Waals surface area contributed by atoms with Crippen LogP contribution in [-0.4, -0.2) is 23.6 Å². The van der Waals surface area contributed by atoms with Gasteiger partial charge in [-0.3, -0.25) is 19.2 Å². The van der Waals surface area contributed by atoms with Crippen LogP contribution in [0.15, 0.2) is 122 Å². The standard InChI is InChI=1S/C34H28N6O4.ClH/c1-39-18-14-29(15-19-39)37-31(41)23-6-10-27(11-7-23)35-33(43)25-4-3-5-26(22-25)34(44)36-28-12-8-24(9-13-28)32(42)38-30-16-20-40(2)21-17-30;/h3-22H,1-2H3,(H2,35,36,41,42,43,44);1H/p+1. The smallest absolute Gasteiger partial charge is 0.255 e. The average molecular weight is 622 g/mol. The third-order valence-electron chi connectivity index (χ3n) is 6.67. The zero-order valence-corrected chi connectivity index (χ0v) is 25.2. The number of nitrogens with zero attached hydrogens (tertiary/aromatic N) is 2. The van der Waals surface area contributed by atoms with Crippen molar-refractivity contribution in [3.63, 3.8) is 0 Å². The largest absolute Gasteiger partial charge is 1.00 e. The van der Waals surface area contributed by atoms with Gasteiger partial charge in [-0.1, -0.05) is 6.07 Å². The number of nitrogens with one attached hydrogen (secondary N) is 4. The number of carbonyl (C=O) groups excluding carboxylic acids is 4. The van der Waals surface area contributed by atoms with Crippen molar-refractivity contribution in [1.82, 2.24) is 0 Å². The normalized spacial score (nSPS) is 10.2. The zero-order chi connectivity index (χ0) is 31.1. The van der Waals surface area contributed by atoms with E-state index in [9.17, 15) is 19.2 Å². The summed E-state index contributed by atoms with van der Waals surface area (Å²) in [4.78, 5) is 50.9. The van der Waals surface area contributed by atoms with Crippen molar-refractivity contribution >= 4 is 46.4 Å². The average Bonchev–Trinajstić information content (AvgIpc) is 3.04. The summed E-state index contributed by atoms with van der Waals surface area (Å²) >= 11 is 0. The molecule has 0 bridgehead atoms. The molecule has 4 amide bonds. The summed E-state index contributed by atoms with van der Waals surface area (Å²) in [6.07, 6.45) is 7.33. The first-order valence-electron chi connectivity index (χ1n) is 13.7. The summed E-state index contributed by atoms with van der Waals surface area (Å²) in [5.74, 6) is -1.35. The lowest BCUT2D eigenvalue weighted by atomic mass is 10.1. The van der Waals surface area contributed by atoms with Crippen molar-refractivity contribution in [2.24, 2.45) is 14.1 Å². The number of carbonyl (C=O) groups is 4. The molecule has 10 nitrogen and oxygen atoms in total. The molecule has 4 N–H and O–H groups in total. The van der Waals surface area contributed by atoms with Crippen molar-refractivity contribution in [1.29, 1.82) is 0 Å². The minimum atomic E-state index is -0.406. The van der Waals surface area contributed by atoms with Crippen LogP contribution in [0.1, 0.15) is 41.4 Å². The minimum absolute atomic E-state index is 0. The second kappa shape index (κ2) is 14.5. The van der Waals surface area contributed by atoms with E-state index in [1.54, 1.807) is 91.0 Å². The van der Waals surface area contributed by atoms with E-state index in [2.05, 4.69) is 21.3 Å². The van der Waals surface area contributed by atoms with Gasteiger partial charge in [0.25, 0.3) is 23.6 Å². The molecule has 0 unspecified atom stereocenters. The Labute approximate surface area is 266 Å². The van der Waals surface area contributed by atoms with Gasteiger partial charge in [0, 0.05) is 57.9 Å².